The maximum absolute atomic E-state index is 0. The molecule has 0 aliphatic carbocycles. The molecule has 6 heavy (non-hydrogen) atoms. The van der Waals surface area contributed by atoms with Crippen LogP contribution in [-0.2, 0) is 34.1 Å². The third-order valence-corrected chi connectivity index (χ3v) is 0. The summed E-state index contributed by atoms with van der Waals surface area (Å²) in [6.45, 7) is 0. The van der Waals surface area contributed by atoms with E-state index in [0.29, 0.717) is 0 Å². The van der Waals surface area contributed by atoms with E-state index in [1.807, 2.05) is 0 Å². The van der Waals surface area contributed by atoms with E-state index in [0.717, 1.165) is 0 Å². The van der Waals surface area contributed by atoms with E-state index in [1.54, 1.807) is 0 Å². The fourth-order valence-electron chi connectivity index (χ4n) is 0. The summed E-state index contributed by atoms with van der Waals surface area (Å²) in [7, 11) is 0. The predicted molar refractivity (Wildman–Crippen MR) is 17.3 cm³/mol. The van der Waals surface area contributed by atoms with Gasteiger partial charge in [-0.1, -0.05) is 0 Å². The molecule has 10 N–H and O–H groups in total. The zero-order chi connectivity index (χ0) is 0. The minimum absolute atomic E-state index is 0. The molecule has 0 heterocycles. The Morgan fingerprint density at radius 1 is 0.500 bits per heavy atom. The van der Waals surface area contributed by atoms with Gasteiger partial charge in [0.1, 0.15) is 0 Å². The van der Waals surface area contributed by atoms with Crippen molar-refractivity contribution in [2.24, 2.45) is 0 Å². The summed E-state index contributed by atoms with van der Waals surface area (Å²) >= 11 is 0. The fourth-order valence-corrected chi connectivity index (χ4v) is 0. The second kappa shape index (κ2) is 181. The molecule has 0 unspecified atom stereocenters. The molecule has 6 heteroatoms. The van der Waals surface area contributed by atoms with Crippen molar-refractivity contribution in [2.75, 3.05) is 0 Å². The maximum atomic E-state index is 0. The van der Waals surface area contributed by atoms with Gasteiger partial charge < -0.3 is 23.3 Å². The van der Waals surface area contributed by atoms with Gasteiger partial charge in [-0.3, -0.25) is 0 Å². The predicted octanol–water partition coefficient (Wildman–Crippen LogP) is -1.33. The zero-order valence-electron chi connectivity index (χ0n) is 3.02. The number of hydrogen-bond acceptors (Lipinski definition) is 2. The van der Waals surface area contributed by atoms with E-state index < -0.39 is 0 Å². The Morgan fingerprint density at radius 2 is 0.500 bits per heavy atom. The van der Waals surface area contributed by atoms with Crippen molar-refractivity contribution in [3.8, 4) is 0 Å². The summed E-state index contributed by atoms with van der Waals surface area (Å²) in [5, 5.41) is 0. The molecule has 0 aliphatic rings. The standard InChI is InChI=1S/2Cu.2H3N.2H2O/h;;2*1H3;2*1H2. The molecule has 4 nitrogen and oxygen atoms in total. The first-order valence-corrected chi connectivity index (χ1v) is 0. The Hall–Kier alpha value is 0.879. The van der Waals surface area contributed by atoms with Crippen LogP contribution in [0.15, 0.2) is 0 Å². The van der Waals surface area contributed by atoms with E-state index in [9.17, 15) is 0 Å². The molecule has 0 aliphatic heterocycles. The molecule has 0 atom stereocenters. The monoisotopic (exact) mass is 196 g/mol. The van der Waals surface area contributed by atoms with Crippen molar-refractivity contribution in [3.05, 3.63) is 0 Å². The minimum Gasteiger partial charge on any atom is -0.412 e. The molecule has 0 aromatic carbocycles. The van der Waals surface area contributed by atoms with Gasteiger partial charge >= 0.3 is 0 Å². The maximum Gasteiger partial charge on any atom is 0 e. The Balaban J connectivity index is 0. The minimum atomic E-state index is 0. The van der Waals surface area contributed by atoms with E-state index in [-0.39, 0.29) is 57.4 Å². The van der Waals surface area contributed by atoms with Crippen LogP contribution in [0.5, 0.6) is 0 Å². The van der Waals surface area contributed by atoms with Crippen LogP contribution in [0.25, 0.3) is 0 Å². The Labute approximate surface area is 57.8 Å². The Kier molecular flexibility index (Phi) is 9290. The van der Waals surface area contributed by atoms with Crippen molar-refractivity contribution in [1.29, 1.82) is 0 Å². The average Bonchev–Trinajstić information content (AvgIpc) is 0. The molecular formula is H10Cu2N2O2. The molecule has 0 spiro atoms. The van der Waals surface area contributed by atoms with Gasteiger partial charge in [0, 0.05) is 34.1 Å². The summed E-state index contributed by atoms with van der Waals surface area (Å²) in [6, 6.07) is 0. The molecule has 0 aromatic rings. The SMILES string of the molecule is N.N.O.O.[Cu].[Cu]. The summed E-state index contributed by atoms with van der Waals surface area (Å²) < 4.78 is 0. The van der Waals surface area contributed by atoms with Crippen LogP contribution in [0, 0.1) is 0 Å². The first kappa shape index (κ1) is 308. The molecule has 0 saturated heterocycles. The van der Waals surface area contributed by atoms with Crippen LogP contribution in [0.1, 0.15) is 0 Å². The van der Waals surface area contributed by atoms with Gasteiger partial charge in [-0.15, -0.1) is 0 Å². The van der Waals surface area contributed by atoms with Crippen LogP contribution in [-0.4, -0.2) is 11.0 Å². The molecule has 54 valence electrons. The number of hydrogen-bond donors (Lipinski definition) is 2. The van der Waals surface area contributed by atoms with Crippen molar-refractivity contribution in [1.82, 2.24) is 12.3 Å². The van der Waals surface area contributed by atoms with Gasteiger partial charge in [0.25, 0.3) is 0 Å². The topological polar surface area (TPSA) is 133 Å². The fraction of sp³-hybridized carbons (Fsp3) is 0. The van der Waals surface area contributed by atoms with Crippen LogP contribution in [0.2, 0.25) is 0 Å². The second-order valence-electron chi connectivity index (χ2n) is 0. The first-order chi connectivity index (χ1) is 0. The molecule has 0 fully saturated rings. The smallest absolute Gasteiger partial charge is 0 e. The van der Waals surface area contributed by atoms with Gasteiger partial charge in [-0.25, -0.2) is 0 Å². The molecular weight excluding hydrogens is 187 g/mol. The van der Waals surface area contributed by atoms with Crippen LogP contribution < -0.4 is 12.3 Å². The van der Waals surface area contributed by atoms with E-state index in [2.05, 4.69) is 0 Å². The van der Waals surface area contributed by atoms with Gasteiger partial charge in [0.2, 0.25) is 0 Å². The van der Waals surface area contributed by atoms with E-state index >= 15 is 0 Å². The van der Waals surface area contributed by atoms with E-state index in [1.165, 1.54) is 0 Å². The van der Waals surface area contributed by atoms with Gasteiger partial charge in [-0.2, -0.15) is 0 Å². The summed E-state index contributed by atoms with van der Waals surface area (Å²) in [5.74, 6) is 0. The summed E-state index contributed by atoms with van der Waals surface area (Å²) in [6.07, 6.45) is 0. The van der Waals surface area contributed by atoms with Gasteiger partial charge in [-0.05, 0) is 0 Å². The van der Waals surface area contributed by atoms with Crippen LogP contribution >= 0.6 is 0 Å². The Morgan fingerprint density at radius 3 is 0.500 bits per heavy atom. The molecule has 2 radical (unpaired) electrons. The number of rotatable bonds is 0. The largest absolute Gasteiger partial charge is 0.412 e. The molecule has 0 aromatic heterocycles. The second-order valence-corrected chi connectivity index (χ2v) is 0. The van der Waals surface area contributed by atoms with Crippen LogP contribution in [0.4, 0.5) is 0 Å². The molecule has 0 bridgehead atoms. The van der Waals surface area contributed by atoms with Crippen molar-refractivity contribution < 1.29 is 45.1 Å². The summed E-state index contributed by atoms with van der Waals surface area (Å²) in [4.78, 5) is 0. The average molecular weight is 197 g/mol. The Bertz CT molecular complexity index is 9.51. The summed E-state index contributed by atoms with van der Waals surface area (Å²) in [5.41, 5.74) is 0. The van der Waals surface area contributed by atoms with E-state index in [4.69, 9.17) is 0 Å². The first-order valence-electron chi connectivity index (χ1n) is 0. The zero-order valence-corrected chi connectivity index (χ0v) is 4.90. The van der Waals surface area contributed by atoms with Crippen molar-refractivity contribution in [3.63, 3.8) is 0 Å². The molecule has 0 saturated carbocycles. The molecule has 0 rings (SSSR count). The van der Waals surface area contributed by atoms with Gasteiger partial charge in [0.15, 0.2) is 0 Å². The van der Waals surface area contributed by atoms with Crippen molar-refractivity contribution >= 4 is 0 Å². The normalized spacial score (nSPS) is 0. The molecule has 0 amide bonds. The van der Waals surface area contributed by atoms with Gasteiger partial charge in [0.05, 0.1) is 0 Å². The quantitative estimate of drug-likeness (QED) is 0.465. The third-order valence-electron chi connectivity index (χ3n) is 0. The third kappa shape index (κ3) is 95.0. The van der Waals surface area contributed by atoms with Crippen LogP contribution in [0.3, 0.4) is 0 Å². The van der Waals surface area contributed by atoms with Crippen molar-refractivity contribution in [2.45, 2.75) is 0 Å².